The topological polar surface area (TPSA) is 107 Å². The zero-order valence-corrected chi connectivity index (χ0v) is 28.8. The Bertz CT molecular complexity index is 1180. The van der Waals surface area contributed by atoms with Crippen molar-refractivity contribution >= 4 is 35.1 Å². The highest BCUT2D eigenvalue weighted by Gasteiger charge is 2.19. The van der Waals surface area contributed by atoms with Gasteiger partial charge in [0.25, 0.3) is 0 Å². The molecule has 12 heteroatoms. The van der Waals surface area contributed by atoms with Crippen molar-refractivity contribution in [3.63, 3.8) is 0 Å². The summed E-state index contributed by atoms with van der Waals surface area (Å²) in [6, 6.07) is 7.53. The van der Waals surface area contributed by atoms with Gasteiger partial charge in [0.05, 0.1) is 30.9 Å². The van der Waals surface area contributed by atoms with Gasteiger partial charge in [0, 0.05) is 26.1 Å². The van der Waals surface area contributed by atoms with E-state index in [0.29, 0.717) is 38.2 Å². The lowest BCUT2D eigenvalue weighted by molar-refractivity contribution is -0.161. The molecule has 0 aliphatic heterocycles. The summed E-state index contributed by atoms with van der Waals surface area (Å²) in [6.45, 7) is 1.84. The van der Waals surface area contributed by atoms with Gasteiger partial charge in [-0.2, -0.15) is 0 Å². The van der Waals surface area contributed by atoms with E-state index in [1.807, 2.05) is 106 Å². The van der Waals surface area contributed by atoms with E-state index in [1.165, 1.54) is 0 Å². The number of nitrogens with zero attached hydrogens (tertiary/aromatic N) is 3. The standard InChI is InChI=1S/C34H50ClN3O8/c1-36(2)19-16-32(39)44-25-31(46-34(41)18-21-38(5)6)24-43-29-14-11-27(12-15-29)26-8-7-9-28(13-10-26)42-23-30(22-35)45-33(40)17-20-37(3)4/h7-8,10-15,30-31H,9,16-25H2,1-6H3. The number of ether oxygens (including phenoxy) is 5. The maximum absolute atomic E-state index is 12.4. The first-order valence-corrected chi connectivity index (χ1v) is 16.0. The van der Waals surface area contributed by atoms with Crippen molar-refractivity contribution in [1.29, 1.82) is 0 Å². The van der Waals surface area contributed by atoms with E-state index in [1.54, 1.807) is 0 Å². The molecule has 0 aromatic heterocycles. The summed E-state index contributed by atoms with van der Waals surface area (Å²) in [7, 11) is 11.3. The number of allylic oxidation sites excluding steroid dienone is 5. The number of hydrogen-bond acceptors (Lipinski definition) is 11. The number of halogens is 1. The molecule has 0 N–H and O–H groups in total. The summed E-state index contributed by atoms with van der Waals surface area (Å²) in [4.78, 5) is 42.3. The van der Waals surface area contributed by atoms with Gasteiger partial charge in [0.15, 0.2) is 6.10 Å². The van der Waals surface area contributed by atoms with Crippen molar-refractivity contribution in [2.75, 3.05) is 87.6 Å². The molecule has 0 saturated carbocycles. The lowest BCUT2D eigenvalue weighted by atomic mass is 10.1. The fourth-order valence-corrected chi connectivity index (χ4v) is 4.11. The molecule has 0 spiro atoms. The second-order valence-corrected chi connectivity index (χ2v) is 12.0. The van der Waals surface area contributed by atoms with Gasteiger partial charge in [-0.05, 0) is 71.6 Å². The summed E-state index contributed by atoms with van der Waals surface area (Å²) in [5, 5.41) is 0. The van der Waals surface area contributed by atoms with Crippen LogP contribution in [0.25, 0.3) is 5.57 Å². The average Bonchev–Trinajstić information content (AvgIpc) is 3.27. The Balaban J connectivity index is 1.95. The molecule has 2 atom stereocenters. The van der Waals surface area contributed by atoms with Crippen LogP contribution in [0.4, 0.5) is 0 Å². The van der Waals surface area contributed by atoms with E-state index in [0.717, 1.165) is 16.9 Å². The number of alkyl halides is 1. The Kier molecular flexibility index (Phi) is 18.1. The van der Waals surface area contributed by atoms with Gasteiger partial charge >= 0.3 is 17.9 Å². The van der Waals surface area contributed by atoms with Crippen LogP contribution < -0.4 is 4.74 Å². The van der Waals surface area contributed by atoms with Crippen LogP contribution in [0.1, 0.15) is 31.2 Å². The molecule has 46 heavy (non-hydrogen) atoms. The zero-order valence-electron chi connectivity index (χ0n) is 28.0. The lowest BCUT2D eigenvalue weighted by Crippen LogP contribution is -2.32. The first-order chi connectivity index (χ1) is 21.9. The summed E-state index contributed by atoms with van der Waals surface area (Å²) in [6.07, 6.45) is 7.93. The molecule has 0 amide bonds. The van der Waals surface area contributed by atoms with Crippen molar-refractivity contribution in [1.82, 2.24) is 14.7 Å². The summed E-state index contributed by atoms with van der Waals surface area (Å²) in [5.74, 6) is 0.417. The van der Waals surface area contributed by atoms with Crippen LogP contribution in [-0.2, 0) is 33.3 Å². The van der Waals surface area contributed by atoms with E-state index < -0.39 is 12.2 Å². The Morgan fingerprint density at radius 1 is 0.717 bits per heavy atom. The van der Waals surface area contributed by atoms with Gasteiger partial charge in [-0.1, -0.05) is 30.4 Å². The van der Waals surface area contributed by atoms with E-state index in [4.69, 9.17) is 35.3 Å². The SMILES string of the molecule is CN(C)CCC(=O)OCC(COc1ccc(C2=CC=C(OCC(CCl)OC(=O)CCN(C)C)CC=C2)cc1)OC(=O)CCN(C)C. The number of rotatable bonds is 21. The van der Waals surface area contributed by atoms with Crippen LogP contribution in [0.15, 0.2) is 54.3 Å². The second kappa shape index (κ2) is 21.4. The van der Waals surface area contributed by atoms with Crippen LogP contribution in [-0.4, -0.2) is 132 Å². The molecule has 0 fully saturated rings. The van der Waals surface area contributed by atoms with Gasteiger partial charge in [-0.3, -0.25) is 14.4 Å². The van der Waals surface area contributed by atoms with Crippen molar-refractivity contribution in [2.24, 2.45) is 0 Å². The maximum atomic E-state index is 12.4. The van der Waals surface area contributed by atoms with Gasteiger partial charge in [-0.25, -0.2) is 0 Å². The van der Waals surface area contributed by atoms with Gasteiger partial charge in [0.2, 0.25) is 0 Å². The van der Waals surface area contributed by atoms with Crippen LogP contribution in [0.5, 0.6) is 5.75 Å². The predicted octanol–water partition coefficient (Wildman–Crippen LogP) is 3.77. The molecule has 11 nitrogen and oxygen atoms in total. The first-order valence-electron chi connectivity index (χ1n) is 15.4. The largest absolute Gasteiger partial charge is 0.494 e. The van der Waals surface area contributed by atoms with Gasteiger partial charge < -0.3 is 38.4 Å². The molecule has 2 rings (SSSR count). The molecule has 1 aliphatic rings. The number of esters is 3. The molecule has 0 saturated heterocycles. The Morgan fingerprint density at radius 3 is 1.83 bits per heavy atom. The third-order valence-electron chi connectivity index (χ3n) is 6.63. The fraction of sp³-hybridized carbons (Fsp3) is 0.559. The van der Waals surface area contributed by atoms with Gasteiger partial charge in [-0.15, -0.1) is 11.6 Å². The van der Waals surface area contributed by atoms with Crippen molar-refractivity contribution in [3.8, 4) is 5.75 Å². The van der Waals surface area contributed by atoms with E-state index in [9.17, 15) is 14.4 Å². The normalized spacial score (nSPS) is 14.3. The molecule has 0 radical (unpaired) electrons. The summed E-state index contributed by atoms with van der Waals surface area (Å²) in [5.41, 5.74) is 1.95. The van der Waals surface area contributed by atoms with E-state index in [-0.39, 0.29) is 56.5 Å². The average molecular weight is 664 g/mol. The van der Waals surface area contributed by atoms with Crippen LogP contribution >= 0.6 is 11.6 Å². The molecule has 2 unspecified atom stereocenters. The second-order valence-electron chi connectivity index (χ2n) is 11.7. The molecule has 0 heterocycles. The summed E-state index contributed by atoms with van der Waals surface area (Å²) < 4.78 is 28.2. The highest BCUT2D eigenvalue weighted by atomic mass is 35.5. The minimum atomic E-state index is -0.742. The molecule has 1 aliphatic carbocycles. The van der Waals surface area contributed by atoms with Gasteiger partial charge in [0.1, 0.15) is 31.7 Å². The monoisotopic (exact) mass is 663 g/mol. The minimum Gasteiger partial charge on any atom is -0.494 e. The Hall–Kier alpha value is -3.38. The van der Waals surface area contributed by atoms with E-state index in [2.05, 4.69) is 0 Å². The number of hydrogen-bond donors (Lipinski definition) is 0. The number of benzene rings is 1. The summed E-state index contributed by atoms with van der Waals surface area (Å²) >= 11 is 6.01. The molecule has 0 bridgehead atoms. The Morgan fingerprint density at radius 2 is 1.26 bits per heavy atom. The molecule has 256 valence electrons. The highest BCUT2D eigenvalue weighted by molar-refractivity contribution is 6.18. The predicted molar refractivity (Wildman–Crippen MR) is 179 cm³/mol. The molecule has 1 aromatic rings. The fourth-order valence-electron chi connectivity index (χ4n) is 3.96. The molecular weight excluding hydrogens is 614 g/mol. The number of carbonyl (C=O) groups is 3. The van der Waals surface area contributed by atoms with Crippen LogP contribution in [0.2, 0.25) is 0 Å². The third-order valence-corrected chi connectivity index (χ3v) is 6.98. The number of carbonyl (C=O) groups excluding carboxylic acids is 3. The maximum Gasteiger partial charge on any atom is 0.307 e. The first kappa shape index (κ1) is 38.8. The lowest BCUT2D eigenvalue weighted by Gasteiger charge is -2.19. The van der Waals surface area contributed by atoms with E-state index >= 15 is 0 Å². The molecular formula is C34H50ClN3O8. The van der Waals surface area contributed by atoms with Crippen LogP contribution in [0, 0.1) is 0 Å². The molecule has 1 aromatic carbocycles. The highest BCUT2D eigenvalue weighted by Crippen LogP contribution is 2.24. The van der Waals surface area contributed by atoms with Crippen molar-refractivity contribution in [3.05, 3.63) is 59.9 Å². The smallest absolute Gasteiger partial charge is 0.307 e. The zero-order chi connectivity index (χ0) is 33.9. The minimum absolute atomic E-state index is 0.0360. The van der Waals surface area contributed by atoms with Crippen molar-refractivity contribution in [2.45, 2.75) is 37.9 Å². The van der Waals surface area contributed by atoms with Crippen molar-refractivity contribution < 1.29 is 38.1 Å². The third kappa shape index (κ3) is 16.8. The Labute approximate surface area is 278 Å². The quantitative estimate of drug-likeness (QED) is 0.109. The van der Waals surface area contributed by atoms with Crippen LogP contribution in [0.3, 0.4) is 0 Å².